The largest absolute Gasteiger partial charge is 0.378 e. The maximum Gasteiger partial charge on any atom is 0.131 e. The third-order valence-corrected chi connectivity index (χ3v) is 4.03. The van der Waals surface area contributed by atoms with E-state index in [9.17, 15) is 0 Å². The van der Waals surface area contributed by atoms with E-state index in [-0.39, 0.29) is 0 Å². The number of pyridine rings is 1. The lowest BCUT2D eigenvalue weighted by atomic mass is 10.3. The number of ether oxygens (including phenoxy) is 1. The molecule has 5 nitrogen and oxygen atoms in total. The van der Waals surface area contributed by atoms with Crippen LogP contribution in [0.15, 0.2) is 12.1 Å². The molecule has 5 heteroatoms. The molecule has 2 aliphatic rings. The Morgan fingerprint density at radius 2 is 1.65 bits per heavy atom. The first-order chi connectivity index (χ1) is 9.83. The molecule has 20 heavy (non-hydrogen) atoms. The van der Waals surface area contributed by atoms with Crippen molar-refractivity contribution in [1.82, 2.24) is 9.88 Å². The first-order valence-electron chi connectivity index (χ1n) is 7.47. The molecule has 2 saturated heterocycles. The van der Waals surface area contributed by atoms with Gasteiger partial charge in [-0.25, -0.2) is 4.98 Å². The minimum atomic E-state index is 0.792. The quantitative estimate of drug-likeness (QED) is 0.799. The molecular weight excluding hydrogens is 252 g/mol. The fraction of sp³-hybridized carbons (Fsp3) is 0.667. The van der Waals surface area contributed by atoms with Crippen molar-refractivity contribution >= 4 is 11.6 Å². The lowest BCUT2D eigenvalue weighted by Crippen LogP contribution is -2.37. The predicted molar refractivity (Wildman–Crippen MR) is 80.4 cm³/mol. The lowest BCUT2D eigenvalue weighted by molar-refractivity contribution is 0.122. The van der Waals surface area contributed by atoms with Gasteiger partial charge in [-0.05, 0) is 38.2 Å². The average Bonchev–Trinajstić information content (AvgIpc) is 2.73. The summed E-state index contributed by atoms with van der Waals surface area (Å²) in [6, 6.07) is 7.25. The number of morpholine rings is 1. The molecule has 2 fully saturated rings. The van der Waals surface area contributed by atoms with Crippen LogP contribution in [-0.4, -0.2) is 69.4 Å². The summed E-state index contributed by atoms with van der Waals surface area (Å²) in [5.74, 6) is 2.09. The SMILES string of the molecule is CN1CCCN(c2c[c]cc(N3CCOCC3)n2)CC1. The molecule has 0 bridgehead atoms. The van der Waals surface area contributed by atoms with Crippen LogP contribution in [0.1, 0.15) is 6.42 Å². The van der Waals surface area contributed by atoms with Crippen molar-refractivity contribution in [3.63, 3.8) is 0 Å². The highest BCUT2D eigenvalue weighted by molar-refractivity contribution is 5.48. The van der Waals surface area contributed by atoms with Gasteiger partial charge < -0.3 is 19.4 Å². The summed E-state index contributed by atoms with van der Waals surface area (Å²) in [7, 11) is 2.19. The summed E-state index contributed by atoms with van der Waals surface area (Å²) in [6.45, 7) is 7.83. The molecule has 0 amide bonds. The molecule has 1 aromatic heterocycles. The molecule has 3 rings (SSSR count). The van der Waals surface area contributed by atoms with Crippen LogP contribution in [0, 0.1) is 6.07 Å². The first kappa shape index (κ1) is 13.6. The Balaban J connectivity index is 1.72. The third-order valence-electron chi connectivity index (χ3n) is 4.03. The summed E-state index contributed by atoms with van der Waals surface area (Å²) >= 11 is 0. The Hall–Kier alpha value is -1.33. The second-order valence-electron chi connectivity index (χ2n) is 5.53. The first-order valence-corrected chi connectivity index (χ1v) is 7.47. The number of anilines is 2. The zero-order valence-corrected chi connectivity index (χ0v) is 12.2. The Morgan fingerprint density at radius 1 is 0.950 bits per heavy atom. The summed E-state index contributed by atoms with van der Waals surface area (Å²) in [5.41, 5.74) is 0. The number of nitrogens with zero attached hydrogens (tertiary/aromatic N) is 4. The molecule has 0 spiro atoms. The van der Waals surface area contributed by atoms with Gasteiger partial charge in [0.15, 0.2) is 0 Å². The summed E-state index contributed by atoms with van der Waals surface area (Å²) < 4.78 is 5.40. The second-order valence-corrected chi connectivity index (χ2v) is 5.53. The molecule has 0 aliphatic carbocycles. The maximum absolute atomic E-state index is 5.40. The van der Waals surface area contributed by atoms with Crippen LogP contribution in [0.3, 0.4) is 0 Å². The lowest BCUT2D eigenvalue weighted by Gasteiger charge is -2.29. The normalized spacial score (nSPS) is 21.9. The molecule has 1 radical (unpaired) electrons. The molecular formula is C15H23N4O. The number of hydrogen-bond acceptors (Lipinski definition) is 5. The maximum atomic E-state index is 5.40. The number of aromatic nitrogens is 1. The van der Waals surface area contributed by atoms with Crippen LogP contribution in [0.4, 0.5) is 11.6 Å². The molecule has 109 valence electrons. The molecule has 0 atom stereocenters. The molecule has 0 aromatic carbocycles. The van der Waals surface area contributed by atoms with Crippen LogP contribution in [-0.2, 0) is 4.74 Å². The number of likely N-dealkylation sites (N-methyl/N-ethyl adjacent to an activating group) is 1. The van der Waals surface area contributed by atoms with Gasteiger partial charge in [0, 0.05) is 32.7 Å². The van der Waals surface area contributed by atoms with E-state index in [1.54, 1.807) is 0 Å². The molecule has 3 heterocycles. The molecule has 0 saturated carbocycles. The topological polar surface area (TPSA) is 31.8 Å². The van der Waals surface area contributed by atoms with E-state index in [0.717, 1.165) is 57.6 Å². The van der Waals surface area contributed by atoms with Crippen LogP contribution < -0.4 is 9.80 Å². The highest BCUT2D eigenvalue weighted by atomic mass is 16.5. The third kappa shape index (κ3) is 3.22. The van der Waals surface area contributed by atoms with E-state index in [4.69, 9.17) is 9.72 Å². The van der Waals surface area contributed by atoms with Gasteiger partial charge >= 0.3 is 0 Å². The van der Waals surface area contributed by atoms with E-state index >= 15 is 0 Å². The zero-order chi connectivity index (χ0) is 13.8. The molecule has 2 aliphatic heterocycles. The Labute approximate surface area is 121 Å². The fourth-order valence-electron chi connectivity index (χ4n) is 2.76. The zero-order valence-electron chi connectivity index (χ0n) is 12.2. The summed E-state index contributed by atoms with van der Waals surface area (Å²) in [4.78, 5) is 11.9. The predicted octanol–water partition coefficient (Wildman–Crippen LogP) is 0.860. The van der Waals surface area contributed by atoms with Crippen molar-refractivity contribution in [1.29, 1.82) is 0 Å². The average molecular weight is 275 g/mol. The van der Waals surface area contributed by atoms with Gasteiger partial charge in [-0.15, -0.1) is 0 Å². The second kappa shape index (κ2) is 6.41. The standard InChI is InChI=1S/C15H23N4O/c1-17-6-3-7-18(9-8-17)14-4-2-5-15(16-14)19-10-12-20-13-11-19/h4-5H,3,6-13H2,1H3. The van der Waals surface area contributed by atoms with Gasteiger partial charge in [-0.3, -0.25) is 0 Å². The van der Waals surface area contributed by atoms with Crippen LogP contribution in [0.2, 0.25) is 0 Å². The van der Waals surface area contributed by atoms with Crippen molar-refractivity contribution in [3.05, 3.63) is 18.2 Å². The van der Waals surface area contributed by atoms with E-state index in [1.807, 2.05) is 12.1 Å². The van der Waals surface area contributed by atoms with Crippen LogP contribution in [0.5, 0.6) is 0 Å². The van der Waals surface area contributed by atoms with Gasteiger partial charge in [0.05, 0.1) is 13.2 Å². The van der Waals surface area contributed by atoms with E-state index in [0.29, 0.717) is 0 Å². The Bertz CT molecular complexity index is 434. The van der Waals surface area contributed by atoms with Gasteiger partial charge in [0.25, 0.3) is 0 Å². The fourth-order valence-corrected chi connectivity index (χ4v) is 2.76. The van der Waals surface area contributed by atoms with Gasteiger partial charge in [0.2, 0.25) is 0 Å². The summed E-state index contributed by atoms with van der Waals surface area (Å²) in [6.07, 6.45) is 1.19. The van der Waals surface area contributed by atoms with E-state index in [1.165, 1.54) is 13.0 Å². The Morgan fingerprint density at radius 3 is 2.40 bits per heavy atom. The van der Waals surface area contributed by atoms with Crippen molar-refractivity contribution in [2.45, 2.75) is 6.42 Å². The van der Waals surface area contributed by atoms with Gasteiger partial charge in [-0.2, -0.15) is 0 Å². The van der Waals surface area contributed by atoms with Crippen LogP contribution >= 0.6 is 0 Å². The van der Waals surface area contributed by atoms with E-state index in [2.05, 4.69) is 27.8 Å². The smallest absolute Gasteiger partial charge is 0.131 e. The van der Waals surface area contributed by atoms with Gasteiger partial charge in [0.1, 0.15) is 11.6 Å². The number of hydrogen-bond donors (Lipinski definition) is 0. The van der Waals surface area contributed by atoms with Crippen molar-refractivity contribution in [2.75, 3.05) is 69.3 Å². The van der Waals surface area contributed by atoms with Crippen molar-refractivity contribution in [3.8, 4) is 0 Å². The van der Waals surface area contributed by atoms with Crippen molar-refractivity contribution in [2.24, 2.45) is 0 Å². The highest BCUT2D eigenvalue weighted by Gasteiger charge is 2.16. The Kier molecular flexibility index (Phi) is 4.38. The van der Waals surface area contributed by atoms with Crippen LogP contribution in [0.25, 0.3) is 0 Å². The minimum absolute atomic E-state index is 0.792. The molecule has 0 unspecified atom stereocenters. The van der Waals surface area contributed by atoms with Crippen molar-refractivity contribution < 1.29 is 4.74 Å². The number of rotatable bonds is 2. The summed E-state index contributed by atoms with van der Waals surface area (Å²) in [5, 5.41) is 0. The molecule has 1 aromatic rings. The monoisotopic (exact) mass is 275 g/mol. The highest BCUT2D eigenvalue weighted by Crippen LogP contribution is 2.19. The molecule has 0 N–H and O–H groups in total. The minimum Gasteiger partial charge on any atom is -0.378 e. The van der Waals surface area contributed by atoms with E-state index < -0.39 is 0 Å². The van der Waals surface area contributed by atoms with Gasteiger partial charge in [-0.1, -0.05) is 0 Å².